The van der Waals surface area contributed by atoms with Gasteiger partial charge in [0.2, 0.25) is 0 Å². The molecular weight excluding hydrogens is 459 g/mol. The molecule has 186 valence electrons. The first-order valence-electron chi connectivity index (χ1n) is 11.9. The molecule has 4 rings (SSSR count). The summed E-state index contributed by atoms with van der Waals surface area (Å²) in [6.45, 7) is 2.49. The fourth-order valence-corrected chi connectivity index (χ4v) is 3.93. The number of carbonyl (C=O) groups is 2. The second kappa shape index (κ2) is 11.5. The zero-order chi connectivity index (χ0) is 25.5. The first-order chi connectivity index (χ1) is 17.4. The molecule has 0 saturated carbocycles. The molecule has 0 unspecified atom stereocenters. The molecule has 0 spiro atoms. The van der Waals surface area contributed by atoms with Crippen molar-refractivity contribution in [3.05, 3.63) is 95.3 Å². The smallest absolute Gasteiger partial charge is 0.291 e. The number of nitrogens with one attached hydrogen (secondary N) is 2. The summed E-state index contributed by atoms with van der Waals surface area (Å²) in [5.41, 5.74) is 4.43. The number of nitrogens with zero attached hydrogens (tertiary/aromatic N) is 2. The van der Waals surface area contributed by atoms with E-state index in [1.165, 1.54) is 18.4 Å². The number of unbranched alkanes of at least 4 members (excludes halogenated alkanes) is 2. The summed E-state index contributed by atoms with van der Waals surface area (Å²) in [7, 11) is 1.78. The van der Waals surface area contributed by atoms with Gasteiger partial charge in [-0.2, -0.15) is 5.10 Å². The van der Waals surface area contributed by atoms with Gasteiger partial charge >= 0.3 is 0 Å². The van der Waals surface area contributed by atoms with Crippen LogP contribution in [0.2, 0.25) is 0 Å². The molecule has 0 aliphatic rings. The molecule has 0 fully saturated rings. The van der Waals surface area contributed by atoms with Crippen LogP contribution in [-0.4, -0.2) is 40.5 Å². The highest BCUT2D eigenvalue weighted by atomic mass is 19.1. The lowest BCUT2D eigenvalue weighted by atomic mass is 10.1. The standard InChI is InChI=1S/C28H29FN4O3/c1-19-12-13-21(17-24(19)30-27(34)26-11-7-15-36-26)28(35)33(2)14-5-3-4-10-23-18-25(32-31-23)20-8-6-9-22(29)16-20/h6-9,11-13,15-18H,3-5,10,14H2,1-2H3,(H,30,34)(H,31,32). The van der Waals surface area contributed by atoms with Crippen molar-refractivity contribution < 1.29 is 18.4 Å². The predicted octanol–water partition coefficient (Wildman–Crippen LogP) is 5.85. The highest BCUT2D eigenvalue weighted by Gasteiger charge is 2.15. The maximum absolute atomic E-state index is 13.4. The highest BCUT2D eigenvalue weighted by Crippen LogP contribution is 2.21. The summed E-state index contributed by atoms with van der Waals surface area (Å²) in [5.74, 6) is -0.530. The zero-order valence-corrected chi connectivity index (χ0v) is 20.4. The number of hydrogen-bond donors (Lipinski definition) is 2. The average Bonchev–Trinajstić information content (AvgIpc) is 3.57. The fraction of sp³-hybridized carbons (Fsp3) is 0.250. The summed E-state index contributed by atoms with van der Waals surface area (Å²) < 4.78 is 18.6. The number of furan rings is 1. The maximum atomic E-state index is 13.4. The van der Waals surface area contributed by atoms with Crippen molar-refractivity contribution in [3.63, 3.8) is 0 Å². The van der Waals surface area contributed by atoms with Crippen LogP contribution >= 0.6 is 0 Å². The molecule has 0 saturated heterocycles. The van der Waals surface area contributed by atoms with Gasteiger partial charge in [0.1, 0.15) is 5.82 Å². The van der Waals surface area contributed by atoms with Crippen molar-refractivity contribution in [2.45, 2.75) is 32.6 Å². The first-order valence-corrected chi connectivity index (χ1v) is 11.9. The minimum atomic E-state index is -0.360. The van der Waals surface area contributed by atoms with E-state index in [0.29, 0.717) is 17.8 Å². The Hall–Kier alpha value is -4.20. The van der Waals surface area contributed by atoms with Crippen molar-refractivity contribution in [2.24, 2.45) is 0 Å². The summed E-state index contributed by atoms with van der Waals surface area (Å²) in [5, 5.41) is 10.1. The molecule has 2 aromatic carbocycles. The monoisotopic (exact) mass is 488 g/mol. The third kappa shape index (κ3) is 6.27. The van der Waals surface area contributed by atoms with Crippen molar-refractivity contribution in [1.29, 1.82) is 0 Å². The molecule has 36 heavy (non-hydrogen) atoms. The molecule has 0 aliphatic heterocycles. The van der Waals surface area contributed by atoms with Crippen molar-refractivity contribution in [1.82, 2.24) is 15.1 Å². The zero-order valence-electron chi connectivity index (χ0n) is 20.4. The Bertz CT molecular complexity index is 1330. The minimum absolute atomic E-state index is 0.100. The van der Waals surface area contributed by atoms with Crippen LogP contribution in [0, 0.1) is 12.7 Å². The van der Waals surface area contributed by atoms with E-state index < -0.39 is 0 Å². The van der Waals surface area contributed by atoms with Gasteiger partial charge in [0.25, 0.3) is 11.8 Å². The normalized spacial score (nSPS) is 10.9. The van der Waals surface area contributed by atoms with E-state index in [1.807, 2.05) is 25.1 Å². The number of H-pyrrole nitrogens is 1. The molecule has 4 aromatic rings. The largest absolute Gasteiger partial charge is 0.459 e. The number of benzene rings is 2. The van der Waals surface area contributed by atoms with Gasteiger partial charge in [-0.05, 0) is 74.2 Å². The Balaban J connectivity index is 1.24. The number of halogens is 1. The SMILES string of the molecule is Cc1ccc(C(=O)N(C)CCCCCc2cc(-c3cccc(F)c3)n[nH]2)cc1NC(=O)c1ccco1. The summed E-state index contributed by atoms with van der Waals surface area (Å²) in [4.78, 5) is 26.9. The van der Waals surface area contributed by atoms with E-state index in [1.54, 1.807) is 42.3 Å². The van der Waals surface area contributed by atoms with E-state index in [-0.39, 0.29) is 23.4 Å². The number of anilines is 1. The average molecular weight is 489 g/mol. The maximum Gasteiger partial charge on any atom is 0.291 e. The van der Waals surface area contributed by atoms with E-state index in [2.05, 4.69) is 15.5 Å². The number of aromatic amines is 1. The van der Waals surface area contributed by atoms with Crippen LogP contribution in [0.4, 0.5) is 10.1 Å². The molecule has 0 radical (unpaired) electrons. The summed E-state index contributed by atoms with van der Waals surface area (Å²) >= 11 is 0. The summed E-state index contributed by atoms with van der Waals surface area (Å²) in [6.07, 6.45) is 5.03. The van der Waals surface area contributed by atoms with Gasteiger partial charge in [0, 0.05) is 36.1 Å². The van der Waals surface area contributed by atoms with Crippen molar-refractivity contribution in [2.75, 3.05) is 18.9 Å². The summed E-state index contributed by atoms with van der Waals surface area (Å²) in [6, 6.07) is 16.9. The van der Waals surface area contributed by atoms with Gasteiger partial charge in [-0.25, -0.2) is 4.39 Å². The molecule has 0 atom stereocenters. The topological polar surface area (TPSA) is 91.2 Å². The molecule has 2 amide bonds. The Labute approximate surface area is 209 Å². The number of hydrogen-bond acceptors (Lipinski definition) is 4. The number of carbonyl (C=O) groups excluding carboxylic acids is 2. The third-order valence-corrected chi connectivity index (χ3v) is 6.02. The lowest BCUT2D eigenvalue weighted by Crippen LogP contribution is -2.28. The van der Waals surface area contributed by atoms with E-state index in [9.17, 15) is 14.0 Å². The Morgan fingerprint density at radius 1 is 1.06 bits per heavy atom. The molecule has 2 N–H and O–H groups in total. The van der Waals surface area contributed by atoms with Crippen LogP contribution in [0.5, 0.6) is 0 Å². The van der Waals surface area contributed by atoms with Gasteiger partial charge in [0.15, 0.2) is 5.76 Å². The highest BCUT2D eigenvalue weighted by molar-refractivity contribution is 6.03. The molecule has 0 aliphatic carbocycles. The molecular formula is C28H29FN4O3. The second-order valence-electron chi connectivity index (χ2n) is 8.79. The number of aromatic nitrogens is 2. The van der Waals surface area contributed by atoms with Gasteiger partial charge in [-0.3, -0.25) is 14.7 Å². The first kappa shape index (κ1) is 24.9. The van der Waals surface area contributed by atoms with Gasteiger partial charge < -0.3 is 14.6 Å². The molecule has 7 nitrogen and oxygen atoms in total. The number of amides is 2. The van der Waals surface area contributed by atoms with Gasteiger partial charge in [-0.1, -0.05) is 24.6 Å². The molecule has 2 heterocycles. The van der Waals surface area contributed by atoms with Crippen molar-refractivity contribution in [3.8, 4) is 11.3 Å². The molecule has 0 bridgehead atoms. The predicted molar refractivity (Wildman–Crippen MR) is 136 cm³/mol. The lowest BCUT2D eigenvalue weighted by Gasteiger charge is -2.18. The number of rotatable bonds is 10. The Kier molecular flexibility index (Phi) is 7.95. The van der Waals surface area contributed by atoms with Gasteiger partial charge in [0.05, 0.1) is 12.0 Å². The van der Waals surface area contributed by atoms with Crippen LogP contribution < -0.4 is 5.32 Å². The fourth-order valence-electron chi connectivity index (χ4n) is 3.93. The molecule has 2 aromatic heterocycles. The Morgan fingerprint density at radius 3 is 2.69 bits per heavy atom. The minimum Gasteiger partial charge on any atom is -0.459 e. The van der Waals surface area contributed by atoms with E-state index in [0.717, 1.165) is 48.2 Å². The van der Waals surface area contributed by atoms with Crippen LogP contribution in [0.1, 0.15) is 51.4 Å². The lowest BCUT2D eigenvalue weighted by molar-refractivity contribution is 0.0792. The second-order valence-corrected chi connectivity index (χ2v) is 8.79. The van der Waals surface area contributed by atoms with Crippen LogP contribution in [0.15, 0.2) is 71.3 Å². The van der Waals surface area contributed by atoms with E-state index in [4.69, 9.17) is 4.42 Å². The van der Waals surface area contributed by atoms with Gasteiger partial charge in [-0.15, -0.1) is 0 Å². The molecule has 8 heteroatoms. The van der Waals surface area contributed by atoms with Crippen molar-refractivity contribution >= 4 is 17.5 Å². The number of aryl methyl sites for hydroxylation is 2. The van der Waals surface area contributed by atoms with Crippen LogP contribution in [0.3, 0.4) is 0 Å². The van der Waals surface area contributed by atoms with E-state index >= 15 is 0 Å². The third-order valence-electron chi connectivity index (χ3n) is 6.02. The van der Waals surface area contributed by atoms with Crippen LogP contribution in [0.25, 0.3) is 11.3 Å². The van der Waals surface area contributed by atoms with Crippen LogP contribution in [-0.2, 0) is 6.42 Å². The quantitative estimate of drug-likeness (QED) is 0.274. The Morgan fingerprint density at radius 2 is 1.92 bits per heavy atom.